The second kappa shape index (κ2) is 2.31. The number of benzene rings is 1. The normalized spacial score (nSPS) is 14.7. The zero-order valence-corrected chi connectivity index (χ0v) is 5.87. The molecule has 1 aromatic rings. The maximum Gasteiger partial charge on any atom is 0.250 e. The minimum Gasteiger partial charge on any atom is -0.272 e. The number of aliphatic imine (C=N–C) groups is 1. The lowest BCUT2D eigenvalue weighted by Crippen LogP contribution is -2.08. The summed E-state index contributed by atoms with van der Waals surface area (Å²) in [5.74, 6) is -0.0721. The lowest BCUT2D eigenvalue weighted by molar-refractivity contribution is -0.117. The van der Waals surface area contributed by atoms with Crippen LogP contribution in [0.1, 0.15) is 11.1 Å². The molecule has 1 amide bonds. The zero-order chi connectivity index (χ0) is 7.68. The van der Waals surface area contributed by atoms with Crippen LogP contribution in [0.2, 0.25) is 0 Å². The molecule has 1 aliphatic rings. The minimum absolute atomic E-state index is 0.0721. The highest BCUT2D eigenvalue weighted by Crippen LogP contribution is 2.10. The van der Waals surface area contributed by atoms with E-state index in [0.29, 0.717) is 6.42 Å². The molecule has 0 aliphatic carbocycles. The van der Waals surface area contributed by atoms with Crippen LogP contribution in [0.25, 0.3) is 0 Å². The molecule has 0 N–H and O–H groups in total. The van der Waals surface area contributed by atoms with Gasteiger partial charge in [0.2, 0.25) is 5.91 Å². The van der Waals surface area contributed by atoms with E-state index in [0.717, 1.165) is 11.1 Å². The fraction of sp³-hybridized carbons (Fsp3) is 0.111. The SMILES string of the molecule is O=C1Cc2ccc[c]c2C=N1. The van der Waals surface area contributed by atoms with E-state index in [4.69, 9.17) is 0 Å². The van der Waals surface area contributed by atoms with Crippen molar-refractivity contribution in [3.63, 3.8) is 0 Å². The molecule has 53 valence electrons. The second-order valence-corrected chi connectivity index (χ2v) is 2.44. The Hall–Kier alpha value is -1.44. The fourth-order valence-corrected chi connectivity index (χ4v) is 1.10. The van der Waals surface area contributed by atoms with Gasteiger partial charge in [0.1, 0.15) is 0 Å². The van der Waals surface area contributed by atoms with Crippen LogP contribution in [-0.2, 0) is 11.2 Å². The molecule has 0 bridgehead atoms. The van der Waals surface area contributed by atoms with Crippen molar-refractivity contribution >= 4 is 12.1 Å². The lowest BCUT2D eigenvalue weighted by atomic mass is 10.0. The lowest BCUT2D eigenvalue weighted by Gasteiger charge is -2.05. The van der Waals surface area contributed by atoms with Crippen LogP contribution < -0.4 is 0 Å². The van der Waals surface area contributed by atoms with Crippen LogP contribution in [-0.4, -0.2) is 12.1 Å². The maximum absolute atomic E-state index is 10.8. The number of rotatable bonds is 0. The summed E-state index contributed by atoms with van der Waals surface area (Å²) < 4.78 is 0. The average molecular weight is 144 g/mol. The molecule has 0 saturated carbocycles. The number of carbonyl (C=O) groups is 1. The van der Waals surface area contributed by atoms with E-state index in [-0.39, 0.29) is 5.91 Å². The molecule has 2 rings (SSSR count). The van der Waals surface area contributed by atoms with Gasteiger partial charge in [0, 0.05) is 11.8 Å². The first-order chi connectivity index (χ1) is 5.36. The molecular formula is C9H6NO. The van der Waals surface area contributed by atoms with Crippen LogP contribution in [0.15, 0.2) is 23.2 Å². The molecule has 0 spiro atoms. The third kappa shape index (κ3) is 1.07. The highest BCUT2D eigenvalue weighted by molar-refractivity contribution is 5.98. The van der Waals surface area contributed by atoms with E-state index < -0.39 is 0 Å². The van der Waals surface area contributed by atoms with E-state index in [1.807, 2.05) is 18.2 Å². The van der Waals surface area contributed by atoms with Gasteiger partial charge in [-0.15, -0.1) is 0 Å². The summed E-state index contributed by atoms with van der Waals surface area (Å²) in [5, 5.41) is 0. The van der Waals surface area contributed by atoms with Crippen LogP contribution in [0.4, 0.5) is 0 Å². The number of hydrogen-bond acceptors (Lipinski definition) is 1. The Balaban J connectivity index is 2.54. The van der Waals surface area contributed by atoms with Gasteiger partial charge in [-0.05, 0) is 11.6 Å². The Kier molecular flexibility index (Phi) is 1.32. The zero-order valence-electron chi connectivity index (χ0n) is 5.87. The summed E-state index contributed by atoms with van der Waals surface area (Å²) in [7, 11) is 0. The molecule has 0 unspecified atom stereocenters. The van der Waals surface area contributed by atoms with Crippen LogP contribution >= 0.6 is 0 Å². The Labute approximate surface area is 64.6 Å². The van der Waals surface area contributed by atoms with Gasteiger partial charge in [-0.3, -0.25) is 4.79 Å². The van der Waals surface area contributed by atoms with Crippen molar-refractivity contribution in [2.75, 3.05) is 0 Å². The van der Waals surface area contributed by atoms with Crippen molar-refractivity contribution in [3.05, 3.63) is 35.4 Å². The summed E-state index contributed by atoms with van der Waals surface area (Å²) in [5.41, 5.74) is 1.96. The van der Waals surface area contributed by atoms with Crippen molar-refractivity contribution in [1.29, 1.82) is 0 Å². The second-order valence-electron chi connectivity index (χ2n) is 2.44. The molecule has 0 aromatic heterocycles. The molecular weight excluding hydrogens is 138 g/mol. The van der Waals surface area contributed by atoms with Crippen LogP contribution in [0, 0.1) is 6.07 Å². The largest absolute Gasteiger partial charge is 0.272 e. The highest BCUT2D eigenvalue weighted by atomic mass is 16.1. The molecule has 2 heteroatoms. The molecule has 0 saturated heterocycles. The Bertz CT molecular complexity index is 328. The summed E-state index contributed by atoms with van der Waals surface area (Å²) in [4.78, 5) is 14.5. The maximum atomic E-state index is 10.8. The first kappa shape index (κ1) is 6.28. The number of hydrogen-bond donors (Lipinski definition) is 0. The summed E-state index contributed by atoms with van der Waals surface area (Å²) in [6.45, 7) is 0. The van der Waals surface area contributed by atoms with Gasteiger partial charge in [0.05, 0.1) is 6.42 Å². The van der Waals surface area contributed by atoms with Gasteiger partial charge >= 0.3 is 0 Å². The minimum atomic E-state index is -0.0721. The number of amides is 1. The Morgan fingerprint density at radius 3 is 3.36 bits per heavy atom. The molecule has 11 heavy (non-hydrogen) atoms. The molecule has 1 heterocycles. The monoisotopic (exact) mass is 144 g/mol. The highest BCUT2D eigenvalue weighted by Gasteiger charge is 2.09. The van der Waals surface area contributed by atoms with E-state index >= 15 is 0 Å². The Morgan fingerprint density at radius 2 is 2.45 bits per heavy atom. The first-order valence-electron chi connectivity index (χ1n) is 3.43. The molecule has 1 aliphatic heterocycles. The molecule has 2 nitrogen and oxygen atoms in total. The molecule has 1 radical (unpaired) electrons. The van der Waals surface area contributed by atoms with Gasteiger partial charge in [0.15, 0.2) is 0 Å². The number of fused-ring (bicyclic) bond motifs is 1. The topological polar surface area (TPSA) is 29.4 Å². The quantitative estimate of drug-likeness (QED) is 0.534. The number of carbonyl (C=O) groups excluding carboxylic acids is 1. The van der Waals surface area contributed by atoms with Crippen molar-refractivity contribution < 1.29 is 4.79 Å². The first-order valence-corrected chi connectivity index (χ1v) is 3.43. The van der Waals surface area contributed by atoms with Crippen LogP contribution in [0.3, 0.4) is 0 Å². The third-order valence-corrected chi connectivity index (χ3v) is 1.66. The predicted molar refractivity (Wildman–Crippen MR) is 41.6 cm³/mol. The summed E-state index contributed by atoms with van der Waals surface area (Å²) in [6, 6.07) is 8.63. The van der Waals surface area contributed by atoms with E-state index in [2.05, 4.69) is 11.1 Å². The Morgan fingerprint density at radius 1 is 1.55 bits per heavy atom. The van der Waals surface area contributed by atoms with Crippen molar-refractivity contribution in [1.82, 2.24) is 0 Å². The molecule has 1 aromatic carbocycles. The van der Waals surface area contributed by atoms with Crippen molar-refractivity contribution in [3.8, 4) is 0 Å². The standard InChI is InChI=1S/C9H6NO/c11-9-5-7-3-1-2-4-8(7)6-10-9/h1-3,6H,5H2. The van der Waals surface area contributed by atoms with Gasteiger partial charge in [-0.1, -0.05) is 18.2 Å². The van der Waals surface area contributed by atoms with Gasteiger partial charge in [-0.2, -0.15) is 0 Å². The van der Waals surface area contributed by atoms with Gasteiger partial charge < -0.3 is 0 Å². The third-order valence-electron chi connectivity index (χ3n) is 1.66. The van der Waals surface area contributed by atoms with Crippen molar-refractivity contribution in [2.45, 2.75) is 6.42 Å². The average Bonchev–Trinajstić information content (AvgIpc) is 2.04. The summed E-state index contributed by atoms with van der Waals surface area (Å²) in [6.07, 6.45) is 1.99. The molecule has 0 fully saturated rings. The van der Waals surface area contributed by atoms with Crippen LogP contribution in [0.5, 0.6) is 0 Å². The fourth-order valence-electron chi connectivity index (χ4n) is 1.10. The van der Waals surface area contributed by atoms with Crippen molar-refractivity contribution in [2.24, 2.45) is 4.99 Å². The van der Waals surface area contributed by atoms with Gasteiger partial charge in [-0.25, -0.2) is 4.99 Å². The predicted octanol–water partition coefficient (Wildman–Crippen LogP) is 0.988. The summed E-state index contributed by atoms with van der Waals surface area (Å²) >= 11 is 0. The number of nitrogens with zero attached hydrogens (tertiary/aromatic N) is 1. The van der Waals surface area contributed by atoms with E-state index in [1.165, 1.54) is 0 Å². The molecule has 0 atom stereocenters. The smallest absolute Gasteiger partial charge is 0.250 e. The van der Waals surface area contributed by atoms with Gasteiger partial charge in [0.25, 0.3) is 0 Å². The van der Waals surface area contributed by atoms with E-state index in [9.17, 15) is 4.79 Å². The van der Waals surface area contributed by atoms with E-state index in [1.54, 1.807) is 6.21 Å².